The van der Waals surface area contributed by atoms with Gasteiger partial charge in [-0.1, -0.05) is 0 Å². The summed E-state index contributed by atoms with van der Waals surface area (Å²) in [4.78, 5) is 8.20. The smallest absolute Gasteiger partial charge is 0.384 e. The van der Waals surface area contributed by atoms with E-state index in [0.717, 1.165) is 23.1 Å². The van der Waals surface area contributed by atoms with Crippen LogP contribution in [0.5, 0.6) is 0 Å². The molecule has 0 amide bonds. The topological polar surface area (TPSA) is 125 Å². The van der Waals surface area contributed by atoms with Gasteiger partial charge in [-0.2, -0.15) is 31.6 Å². The molecule has 0 spiro atoms. The summed E-state index contributed by atoms with van der Waals surface area (Å²) in [5, 5.41) is 9.53. The molecule has 37 heavy (non-hydrogen) atoms. The van der Waals surface area contributed by atoms with E-state index in [4.69, 9.17) is 5.73 Å². The number of halogens is 6. The van der Waals surface area contributed by atoms with Crippen LogP contribution in [0.1, 0.15) is 25.7 Å². The number of rotatable bonds is 4. The molecule has 8 nitrogen and oxygen atoms in total. The fourth-order valence-corrected chi connectivity index (χ4v) is 5.63. The number of nitrogens with one attached hydrogen (secondary N) is 1. The van der Waals surface area contributed by atoms with Crippen LogP contribution in [0.3, 0.4) is 0 Å². The minimum absolute atomic E-state index is 0.00694. The van der Waals surface area contributed by atoms with Gasteiger partial charge in [0.2, 0.25) is 11.4 Å². The number of anilines is 2. The third kappa shape index (κ3) is 4.14. The minimum Gasteiger partial charge on any atom is -0.384 e. The van der Waals surface area contributed by atoms with E-state index in [-0.39, 0.29) is 35.1 Å². The Balaban J connectivity index is 1.84. The van der Waals surface area contributed by atoms with Gasteiger partial charge in [0.25, 0.3) is 10.0 Å². The number of allylic oxidation sites excluding steroid dienone is 3. The Labute approximate surface area is 207 Å². The number of aromatic nitrogens is 2. The van der Waals surface area contributed by atoms with Gasteiger partial charge in [-0.15, -0.1) is 0 Å². The fourth-order valence-electron chi connectivity index (χ4n) is 4.67. The molecule has 0 saturated heterocycles. The zero-order chi connectivity index (χ0) is 27.2. The fraction of sp³-hybridized carbons (Fsp3) is 0.318. The van der Waals surface area contributed by atoms with Crippen LogP contribution < -0.4 is 15.4 Å². The van der Waals surface area contributed by atoms with Crippen LogP contribution >= 0.6 is 0 Å². The second kappa shape index (κ2) is 8.94. The summed E-state index contributed by atoms with van der Waals surface area (Å²) in [6.45, 7) is 0. The van der Waals surface area contributed by atoms with Gasteiger partial charge in [0.15, 0.2) is 0 Å². The highest BCUT2D eigenvalue weighted by Gasteiger charge is 2.77. The summed E-state index contributed by atoms with van der Waals surface area (Å²) in [6, 6.07) is 7.09. The second-order valence-corrected chi connectivity index (χ2v) is 9.94. The molecule has 2 aromatic rings. The number of nitriles is 1. The van der Waals surface area contributed by atoms with Crippen molar-refractivity contribution in [2.45, 2.75) is 42.9 Å². The lowest BCUT2D eigenvalue weighted by molar-refractivity contribution is -0.311. The van der Waals surface area contributed by atoms with Crippen molar-refractivity contribution in [2.24, 2.45) is 11.1 Å². The maximum atomic E-state index is 14.3. The molecule has 1 aliphatic heterocycles. The zero-order valence-corrected chi connectivity index (χ0v) is 19.5. The van der Waals surface area contributed by atoms with Crippen molar-refractivity contribution in [1.29, 1.82) is 5.26 Å². The molecule has 4 rings (SSSR count). The van der Waals surface area contributed by atoms with E-state index in [1.54, 1.807) is 0 Å². The van der Waals surface area contributed by atoms with Gasteiger partial charge in [0.05, 0.1) is 10.5 Å². The van der Waals surface area contributed by atoms with Crippen molar-refractivity contribution in [3.05, 3.63) is 65.4 Å². The van der Waals surface area contributed by atoms with E-state index < -0.39 is 51.2 Å². The molecule has 0 unspecified atom stereocenters. The third-order valence-electron chi connectivity index (χ3n) is 6.19. The van der Waals surface area contributed by atoms with Crippen LogP contribution in [0, 0.1) is 16.7 Å². The second-order valence-electron chi connectivity index (χ2n) is 8.26. The van der Waals surface area contributed by atoms with Crippen LogP contribution in [0.15, 0.2) is 70.3 Å². The summed E-state index contributed by atoms with van der Waals surface area (Å²) in [5.74, 6) is -1.23. The molecule has 15 heteroatoms. The highest BCUT2D eigenvalue weighted by Crippen LogP contribution is 2.64. The average molecular weight is 544 g/mol. The summed E-state index contributed by atoms with van der Waals surface area (Å²) in [5.41, 5.74) is -1.64. The van der Waals surface area contributed by atoms with Crippen molar-refractivity contribution in [3.63, 3.8) is 0 Å². The highest BCUT2D eigenvalue weighted by atomic mass is 32.2. The Morgan fingerprint density at radius 1 is 1.00 bits per heavy atom. The van der Waals surface area contributed by atoms with Crippen LogP contribution in [-0.2, 0) is 10.0 Å². The molecule has 0 saturated carbocycles. The SMILES string of the molecule is N#CC1=C(N)N(c2ccc(S(=O)(=O)Nc3ncccn3)cc2)C2=C(CCCC2)C1(C(F)(F)F)C(F)(F)F. The highest BCUT2D eigenvalue weighted by molar-refractivity contribution is 7.92. The molecule has 0 atom stereocenters. The minimum atomic E-state index is -5.88. The van der Waals surface area contributed by atoms with Crippen LogP contribution in [0.4, 0.5) is 38.0 Å². The van der Waals surface area contributed by atoms with E-state index >= 15 is 0 Å². The van der Waals surface area contributed by atoms with E-state index in [1.165, 1.54) is 30.6 Å². The normalized spacial score (nSPS) is 18.4. The first-order valence-electron chi connectivity index (χ1n) is 10.7. The molecule has 1 aromatic heterocycles. The molecule has 2 heterocycles. The predicted molar refractivity (Wildman–Crippen MR) is 119 cm³/mol. The number of nitrogens with two attached hydrogens (primary N) is 1. The molecule has 1 aromatic carbocycles. The molecule has 196 valence electrons. The molecule has 2 aliphatic rings. The Morgan fingerprint density at radius 3 is 2.11 bits per heavy atom. The van der Waals surface area contributed by atoms with E-state index in [9.17, 15) is 40.0 Å². The molecule has 0 radical (unpaired) electrons. The number of nitrogens with zero attached hydrogens (tertiary/aromatic N) is 4. The van der Waals surface area contributed by atoms with Gasteiger partial charge in [-0.3, -0.25) is 4.90 Å². The van der Waals surface area contributed by atoms with E-state index in [1.807, 2.05) is 0 Å². The van der Waals surface area contributed by atoms with Crippen molar-refractivity contribution >= 4 is 21.7 Å². The lowest BCUT2D eigenvalue weighted by atomic mass is 9.66. The van der Waals surface area contributed by atoms with Crippen molar-refractivity contribution in [2.75, 3.05) is 9.62 Å². The molecule has 1 aliphatic carbocycles. The summed E-state index contributed by atoms with van der Waals surface area (Å²) >= 11 is 0. The zero-order valence-electron chi connectivity index (χ0n) is 18.7. The van der Waals surface area contributed by atoms with Gasteiger partial charge in [0, 0.05) is 23.8 Å². The molecule has 0 fully saturated rings. The number of benzene rings is 1. The quantitative estimate of drug-likeness (QED) is 0.533. The summed E-state index contributed by atoms with van der Waals surface area (Å²) in [7, 11) is -4.17. The first-order valence-corrected chi connectivity index (χ1v) is 12.2. The first-order chi connectivity index (χ1) is 17.3. The van der Waals surface area contributed by atoms with Crippen molar-refractivity contribution < 1.29 is 34.8 Å². The Morgan fingerprint density at radius 2 is 1.57 bits per heavy atom. The Bertz CT molecular complexity index is 1400. The van der Waals surface area contributed by atoms with Gasteiger partial charge in [-0.05, 0) is 61.6 Å². The summed E-state index contributed by atoms with van der Waals surface area (Å²) in [6.07, 6.45) is -9.49. The Hall–Kier alpha value is -3.80. The summed E-state index contributed by atoms with van der Waals surface area (Å²) < 4.78 is 113. The van der Waals surface area contributed by atoms with Crippen LogP contribution in [0.25, 0.3) is 0 Å². The number of sulfonamides is 1. The monoisotopic (exact) mass is 544 g/mol. The molecule has 0 bridgehead atoms. The molecular formula is C22H18F6N6O2S. The number of alkyl halides is 6. The largest absolute Gasteiger partial charge is 0.411 e. The van der Waals surface area contributed by atoms with Crippen LogP contribution in [-0.4, -0.2) is 30.7 Å². The molecule has 3 N–H and O–H groups in total. The van der Waals surface area contributed by atoms with Gasteiger partial charge < -0.3 is 5.73 Å². The Kier molecular flexibility index (Phi) is 6.35. The first kappa shape index (κ1) is 26.3. The van der Waals surface area contributed by atoms with Crippen molar-refractivity contribution in [3.8, 4) is 6.07 Å². The predicted octanol–water partition coefficient (Wildman–Crippen LogP) is 4.73. The number of hydrogen-bond donors (Lipinski definition) is 2. The van der Waals surface area contributed by atoms with E-state index in [2.05, 4.69) is 14.7 Å². The lowest BCUT2D eigenvalue weighted by Gasteiger charge is -2.47. The maximum Gasteiger partial charge on any atom is 0.411 e. The van der Waals surface area contributed by atoms with Gasteiger partial charge in [0.1, 0.15) is 11.9 Å². The molecular weight excluding hydrogens is 526 g/mol. The van der Waals surface area contributed by atoms with Gasteiger partial charge >= 0.3 is 12.4 Å². The average Bonchev–Trinajstić information content (AvgIpc) is 2.82. The van der Waals surface area contributed by atoms with Gasteiger partial charge in [-0.25, -0.2) is 23.1 Å². The lowest BCUT2D eigenvalue weighted by Crippen LogP contribution is -2.57. The maximum absolute atomic E-state index is 14.3. The van der Waals surface area contributed by atoms with E-state index in [0.29, 0.717) is 6.42 Å². The van der Waals surface area contributed by atoms with Crippen LogP contribution in [0.2, 0.25) is 0 Å². The standard InChI is InChI=1S/C22H18F6N6O2S/c23-21(24,25)20(22(26,27)28)15-4-1-2-5-17(15)34(18(30)16(20)12-29)13-6-8-14(9-7-13)37(35,36)33-19-31-10-3-11-32-19/h3,6-11H,1-2,4-5,30H2,(H,31,32,33). The number of hydrogen-bond acceptors (Lipinski definition) is 7. The third-order valence-corrected chi connectivity index (χ3v) is 7.54. The van der Waals surface area contributed by atoms with Crippen molar-refractivity contribution in [1.82, 2.24) is 9.97 Å².